The molecule has 0 radical (unpaired) electrons. The predicted octanol–water partition coefficient (Wildman–Crippen LogP) is 3.22. The summed E-state index contributed by atoms with van der Waals surface area (Å²) in [4.78, 5) is 0. The third-order valence-electron chi connectivity index (χ3n) is 2.51. The van der Waals surface area contributed by atoms with Crippen molar-refractivity contribution in [3.8, 4) is 11.5 Å². The zero-order valence-corrected chi connectivity index (χ0v) is 12.2. The standard InChI is InChI=1S/C13H20BrNO2/c1-4-10(9-15-5-2)17-13-7-6-11(16-3)8-12(13)14/h6-8,10,15H,4-5,9H2,1-3H3. The molecule has 0 aromatic heterocycles. The fourth-order valence-corrected chi connectivity index (χ4v) is 1.91. The van der Waals surface area contributed by atoms with Crippen LogP contribution in [0.5, 0.6) is 11.5 Å². The van der Waals surface area contributed by atoms with Crippen LogP contribution in [0.3, 0.4) is 0 Å². The lowest BCUT2D eigenvalue weighted by atomic mass is 10.2. The Labute approximate surface area is 112 Å². The molecular weight excluding hydrogens is 282 g/mol. The van der Waals surface area contributed by atoms with Crippen molar-refractivity contribution in [1.29, 1.82) is 0 Å². The molecule has 0 amide bonds. The highest BCUT2D eigenvalue weighted by Crippen LogP contribution is 2.30. The Hall–Kier alpha value is -0.740. The van der Waals surface area contributed by atoms with Crippen LogP contribution >= 0.6 is 15.9 Å². The SMILES string of the molecule is CCNCC(CC)Oc1ccc(OC)cc1Br. The highest BCUT2D eigenvalue weighted by Gasteiger charge is 2.10. The Morgan fingerprint density at radius 3 is 2.65 bits per heavy atom. The molecule has 1 aromatic rings. The van der Waals surface area contributed by atoms with Crippen LogP contribution in [0.2, 0.25) is 0 Å². The molecule has 0 heterocycles. The molecule has 0 spiro atoms. The molecule has 1 aromatic carbocycles. The first-order valence-electron chi connectivity index (χ1n) is 5.92. The molecule has 96 valence electrons. The molecule has 0 aliphatic heterocycles. The van der Waals surface area contributed by atoms with Gasteiger partial charge in [-0.25, -0.2) is 0 Å². The summed E-state index contributed by atoms with van der Waals surface area (Å²) in [6.07, 6.45) is 1.17. The van der Waals surface area contributed by atoms with Gasteiger partial charge in [0.2, 0.25) is 0 Å². The van der Waals surface area contributed by atoms with Gasteiger partial charge in [0.05, 0.1) is 11.6 Å². The molecule has 4 heteroatoms. The van der Waals surface area contributed by atoms with Gasteiger partial charge >= 0.3 is 0 Å². The molecule has 17 heavy (non-hydrogen) atoms. The van der Waals surface area contributed by atoms with Crippen LogP contribution < -0.4 is 14.8 Å². The number of hydrogen-bond acceptors (Lipinski definition) is 3. The van der Waals surface area contributed by atoms with Crippen LogP contribution in [-0.2, 0) is 0 Å². The van der Waals surface area contributed by atoms with E-state index in [2.05, 4.69) is 35.1 Å². The summed E-state index contributed by atoms with van der Waals surface area (Å²) >= 11 is 3.49. The van der Waals surface area contributed by atoms with E-state index < -0.39 is 0 Å². The maximum absolute atomic E-state index is 5.93. The van der Waals surface area contributed by atoms with E-state index in [1.807, 2.05) is 18.2 Å². The van der Waals surface area contributed by atoms with E-state index in [0.717, 1.165) is 35.5 Å². The van der Waals surface area contributed by atoms with Crippen molar-refractivity contribution >= 4 is 15.9 Å². The van der Waals surface area contributed by atoms with Crippen molar-refractivity contribution < 1.29 is 9.47 Å². The molecule has 0 aliphatic rings. The molecule has 0 saturated carbocycles. The van der Waals surface area contributed by atoms with Crippen molar-refractivity contribution in [1.82, 2.24) is 5.32 Å². The average molecular weight is 302 g/mol. The first-order valence-corrected chi connectivity index (χ1v) is 6.71. The van der Waals surface area contributed by atoms with Crippen LogP contribution in [0.1, 0.15) is 20.3 Å². The van der Waals surface area contributed by atoms with Crippen LogP contribution in [-0.4, -0.2) is 26.3 Å². The number of likely N-dealkylation sites (N-methyl/N-ethyl adjacent to an activating group) is 1. The van der Waals surface area contributed by atoms with Crippen LogP contribution in [0.15, 0.2) is 22.7 Å². The highest BCUT2D eigenvalue weighted by molar-refractivity contribution is 9.10. The molecule has 0 saturated heterocycles. The van der Waals surface area contributed by atoms with Crippen molar-refractivity contribution in [2.75, 3.05) is 20.2 Å². The van der Waals surface area contributed by atoms with E-state index in [-0.39, 0.29) is 6.10 Å². The summed E-state index contributed by atoms with van der Waals surface area (Å²) < 4.78 is 12.0. The number of rotatable bonds is 7. The first-order chi connectivity index (χ1) is 8.21. The largest absolute Gasteiger partial charge is 0.497 e. The van der Waals surface area contributed by atoms with Gasteiger partial charge in [0.25, 0.3) is 0 Å². The van der Waals surface area contributed by atoms with E-state index in [1.54, 1.807) is 7.11 Å². The second kappa shape index (κ2) is 7.56. The molecule has 1 unspecified atom stereocenters. The third kappa shape index (κ3) is 4.56. The molecule has 1 atom stereocenters. The Balaban J connectivity index is 2.65. The molecule has 0 bridgehead atoms. The van der Waals surface area contributed by atoms with Gasteiger partial charge in [-0.3, -0.25) is 0 Å². The van der Waals surface area contributed by atoms with Crippen molar-refractivity contribution in [3.63, 3.8) is 0 Å². The monoisotopic (exact) mass is 301 g/mol. The quantitative estimate of drug-likeness (QED) is 0.839. The molecule has 1 N–H and O–H groups in total. The Kier molecular flexibility index (Phi) is 6.37. The van der Waals surface area contributed by atoms with Crippen LogP contribution in [0, 0.1) is 0 Å². The van der Waals surface area contributed by atoms with Gasteiger partial charge in [-0.15, -0.1) is 0 Å². The smallest absolute Gasteiger partial charge is 0.134 e. The van der Waals surface area contributed by atoms with Crippen molar-refractivity contribution in [2.24, 2.45) is 0 Å². The summed E-state index contributed by atoms with van der Waals surface area (Å²) in [6.45, 7) is 6.05. The minimum absolute atomic E-state index is 0.194. The Morgan fingerprint density at radius 2 is 2.12 bits per heavy atom. The summed E-state index contributed by atoms with van der Waals surface area (Å²) in [6, 6.07) is 5.74. The minimum atomic E-state index is 0.194. The van der Waals surface area contributed by atoms with Gasteiger partial charge in [0.15, 0.2) is 0 Å². The number of hydrogen-bond donors (Lipinski definition) is 1. The van der Waals surface area contributed by atoms with Crippen LogP contribution in [0.25, 0.3) is 0 Å². The lowest BCUT2D eigenvalue weighted by molar-refractivity contribution is 0.193. The topological polar surface area (TPSA) is 30.5 Å². The number of nitrogens with one attached hydrogen (secondary N) is 1. The van der Waals surface area contributed by atoms with Gasteiger partial charge in [-0.1, -0.05) is 13.8 Å². The van der Waals surface area contributed by atoms with E-state index >= 15 is 0 Å². The molecule has 0 aliphatic carbocycles. The number of benzene rings is 1. The third-order valence-corrected chi connectivity index (χ3v) is 3.13. The summed E-state index contributed by atoms with van der Waals surface area (Å²) in [7, 11) is 1.66. The lowest BCUT2D eigenvalue weighted by Gasteiger charge is -2.19. The van der Waals surface area contributed by atoms with Gasteiger partial charge in [-0.05, 0) is 47.1 Å². The second-order valence-electron chi connectivity index (χ2n) is 3.75. The van der Waals surface area contributed by atoms with Gasteiger partial charge < -0.3 is 14.8 Å². The van der Waals surface area contributed by atoms with Crippen molar-refractivity contribution in [2.45, 2.75) is 26.4 Å². The number of halogens is 1. The van der Waals surface area contributed by atoms with Crippen LogP contribution in [0.4, 0.5) is 0 Å². The highest BCUT2D eigenvalue weighted by atomic mass is 79.9. The molecule has 0 fully saturated rings. The van der Waals surface area contributed by atoms with E-state index in [9.17, 15) is 0 Å². The zero-order chi connectivity index (χ0) is 12.7. The molecular formula is C13H20BrNO2. The van der Waals surface area contributed by atoms with Gasteiger partial charge in [0.1, 0.15) is 17.6 Å². The second-order valence-corrected chi connectivity index (χ2v) is 4.61. The zero-order valence-electron chi connectivity index (χ0n) is 10.6. The van der Waals surface area contributed by atoms with E-state index in [4.69, 9.17) is 9.47 Å². The predicted molar refractivity (Wildman–Crippen MR) is 73.9 cm³/mol. The maximum Gasteiger partial charge on any atom is 0.134 e. The number of ether oxygens (including phenoxy) is 2. The Morgan fingerprint density at radius 1 is 1.35 bits per heavy atom. The normalized spacial score (nSPS) is 12.2. The molecule has 1 rings (SSSR count). The summed E-state index contributed by atoms with van der Waals surface area (Å²) in [5.41, 5.74) is 0. The fraction of sp³-hybridized carbons (Fsp3) is 0.538. The van der Waals surface area contributed by atoms with E-state index in [1.165, 1.54) is 0 Å². The first kappa shape index (κ1) is 14.3. The summed E-state index contributed by atoms with van der Waals surface area (Å²) in [5.74, 6) is 1.68. The van der Waals surface area contributed by atoms with Gasteiger partial charge in [-0.2, -0.15) is 0 Å². The van der Waals surface area contributed by atoms with Crippen molar-refractivity contribution in [3.05, 3.63) is 22.7 Å². The summed E-state index contributed by atoms with van der Waals surface area (Å²) in [5, 5.41) is 3.30. The van der Waals surface area contributed by atoms with Gasteiger partial charge in [0, 0.05) is 6.54 Å². The molecule has 3 nitrogen and oxygen atoms in total. The minimum Gasteiger partial charge on any atom is -0.497 e. The lowest BCUT2D eigenvalue weighted by Crippen LogP contribution is -2.30. The maximum atomic E-state index is 5.93. The fourth-order valence-electron chi connectivity index (χ4n) is 1.46. The average Bonchev–Trinajstić information content (AvgIpc) is 2.36. The Bertz CT molecular complexity index is 344. The number of methoxy groups -OCH3 is 1. The van der Waals surface area contributed by atoms with E-state index in [0.29, 0.717) is 0 Å².